The quantitative estimate of drug-likeness (QED) is 0.844. The van der Waals surface area contributed by atoms with E-state index in [0.29, 0.717) is 4.47 Å². The van der Waals surface area contributed by atoms with Gasteiger partial charge in [-0.05, 0) is 40.9 Å². The molecule has 0 saturated heterocycles. The van der Waals surface area contributed by atoms with Crippen molar-refractivity contribution < 1.29 is 0 Å². The summed E-state index contributed by atoms with van der Waals surface area (Å²) in [6.45, 7) is 3.99. The summed E-state index contributed by atoms with van der Waals surface area (Å²) in [5, 5.41) is 0.756. The first-order valence-electron chi connectivity index (χ1n) is 4.95. The molecule has 0 atom stereocenters. The minimum atomic E-state index is 0.0663. The lowest BCUT2D eigenvalue weighted by atomic mass is 10.1. The van der Waals surface area contributed by atoms with Crippen LogP contribution in [0, 0.1) is 6.92 Å². The monoisotopic (exact) mass is 265 g/mol. The molecule has 0 aliphatic heterocycles. The number of aromatic nitrogens is 1. The molecular weight excluding hydrogens is 254 g/mol. The van der Waals surface area contributed by atoms with Gasteiger partial charge < -0.3 is 4.98 Å². The number of hydrogen-bond donors (Lipinski definition) is 1. The molecule has 3 heteroatoms. The van der Waals surface area contributed by atoms with Gasteiger partial charge in [0.1, 0.15) is 0 Å². The third-order valence-electron chi connectivity index (χ3n) is 2.62. The van der Waals surface area contributed by atoms with E-state index in [4.69, 9.17) is 0 Å². The molecule has 2 aromatic rings. The van der Waals surface area contributed by atoms with Gasteiger partial charge in [-0.1, -0.05) is 19.1 Å². The van der Waals surface area contributed by atoms with Gasteiger partial charge in [0.05, 0.1) is 9.99 Å². The number of fused-ring (bicyclic) bond motifs is 1. The first-order valence-corrected chi connectivity index (χ1v) is 5.74. The van der Waals surface area contributed by atoms with Crippen LogP contribution in [-0.2, 0) is 6.42 Å². The molecule has 1 heterocycles. The molecule has 0 aliphatic rings. The molecule has 1 aromatic heterocycles. The number of halogens is 1. The maximum absolute atomic E-state index is 12.0. The van der Waals surface area contributed by atoms with Crippen molar-refractivity contribution in [2.45, 2.75) is 20.3 Å². The van der Waals surface area contributed by atoms with Crippen molar-refractivity contribution >= 4 is 26.8 Å². The highest BCUT2D eigenvalue weighted by Gasteiger charge is 2.08. The topological polar surface area (TPSA) is 32.9 Å². The van der Waals surface area contributed by atoms with Crippen molar-refractivity contribution in [2.24, 2.45) is 0 Å². The number of benzene rings is 1. The fourth-order valence-corrected chi connectivity index (χ4v) is 2.08. The summed E-state index contributed by atoms with van der Waals surface area (Å²) in [5.41, 5.74) is 3.09. The molecule has 0 radical (unpaired) electrons. The molecule has 78 valence electrons. The Hall–Kier alpha value is -1.09. The molecule has 1 N–H and O–H groups in total. The second-order valence-electron chi connectivity index (χ2n) is 3.59. The highest BCUT2D eigenvalue weighted by Crippen LogP contribution is 2.18. The van der Waals surface area contributed by atoms with Gasteiger partial charge in [0.25, 0.3) is 0 Å². The van der Waals surface area contributed by atoms with Crippen LogP contribution in [0.2, 0.25) is 0 Å². The molecule has 15 heavy (non-hydrogen) atoms. The Bertz CT molecular complexity index is 572. The Morgan fingerprint density at radius 2 is 2.13 bits per heavy atom. The fraction of sp³-hybridized carbons (Fsp3) is 0.250. The normalized spacial score (nSPS) is 10.9. The number of aromatic amines is 1. The van der Waals surface area contributed by atoms with E-state index in [2.05, 4.69) is 27.8 Å². The van der Waals surface area contributed by atoms with Crippen LogP contribution in [0.5, 0.6) is 0 Å². The smallest absolute Gasteiger partial charge is 0.203 e. The molecule has 2 rings (SSSR count). The molecule has 0 amide bonds. The molecule has 0 unspecified atom stereocenters. The van der Waals surface area contributed by atoms with Gasteiger partial charge in [-0.2, -0.15) is 0 Å². The van der Waals surface area contributed by atoms with E-state index in [9.17, 15) is 4.79 Å². The highest BCUT2D eigenvalue weighted by molar-refractivity contribution is 9.10. The fourth-order valence-electron chi connectivity index (χ4n) is 1.76. The first kappa shape index (κ1) is 10.4. The Kier molecular flexibility index (Phi) is 2.65. The van der Waals surface area contributed by atoms with E-state index in [0.717, 1.165) is 23.0 Å². The van der Waals surface area contributed by atoms with E-state index in [1.165, 1.54) is 5.56 Å². The largest absolute Gasteiger partial charge is 0.357 e. The number of pyridine rings is 1. The zero-order valence-electron chi connectivity index (χ0n) is 8.73. The average Bonchev–Trinajstić information content (AvgIpc) is 2.25. The number of rotatable bonds is 1. The highest BCUT2D eigenvalue weighted by atomic mass is 79.9. The Morgan fingerprint density at radius 1 is 1.40 bits per heavy atom. The second-order valence-corrected chi connectivity index (χ2v) is 4.38. The number of para-hydroxylation sites is 1. The van der Waals surface area contributed by atoms with Crippen LogP contribution in [-0.4, -0.2) is 4.98 Å². The van der Waals surface area contributed by atoms with Crippen molar-refractivity contribution in [1.29, 1.82) is 0 Å². The number of H-pyrrole nitrogens is 1. The lowest BCUT2D eigenvalue weighted by Gasteiger charge is -2.06. The van der Waals surface area contributed by atoms with Gasteiger partial charge in [0.2, 0.25) is 5.43 Å². The lowest BCUT2D eigenvalue weighted by Crippen LogP contribution is -2.07. The molecule has 1 aromatic carbocycles. The SMILES string of the molecule is CCc1cccc2c(=O)c(Br)c(C)[nH]c12. The van der Waals surface area contributed by atoms with Crippen LogP contribution in [0.25, 0.3) is 10.9 Å². The maximum Gasteiger partial charge on any atom is 0.203 e. The van der Waals surface area contributed by atoms with Crippen LogP contribution in [0.15, 0.2) is 27.5 Å². The van der Waals surface area contributed by atoms with Crippen molar-refractivity contribution in [2.75, 3.05) is 0 Å². The summed E-state index contributed by atoms with van der Waals surface area (Å²) in [6, 6.07) is 5.83. The third-order valence-corrected chi connectivity index (χ3v) is 3.57. The Labute approximate surface area is 96.5 Å². The minimum absolute atomic E-state index is 0.0663. The van der Waals surface area contributed by atoms with Crippen molar-refractivity contribution in [3.63, 3.8) is 0 Å². The summed E-state index contributed by atoms with van der Waals surface area (Å²) in [6.07, 6.45) is 0.925. The molecule has 0 fully saturated rings. The zero-order chi connectivity index (χ0) is 11.0. The number of nitrogens with one attached hydrogen (secondary N) is 1. The predicted octanol–water partition coefficient (Wildman–Crippen LogP) is 3.16. The van der Waals surface area contributed by atoms with Crippen LogP contribution in [0.4, 0.5) is 0 Å². The summed E-state index contributed by atoms with van der Waals surface area (Å²) in [7, 11) is 0. The van der Waals surface area contributed by atoms with Crippen LogP contribution in [0.3, 0.4) is 0 Å². The van der Waals surface area contributed by atoms with Gasteiger partial charge in [0, 0.05) is 11.1 Å². The average molecular weight is 266 g/mol. The Morgan fingerprint density at radius 3 is 2.80 bits per heavy atom. The van der Waals surface area contributed by atoms with E-state index >= 15 is 0 Å². The van der Waals surface area contributed by atoms with Crippen molar-refractivity contribution in [3.05, 3.63) is 44.2 Å². The van der Waals surface area contributed by atoms with Crippen molar-refractivity contribution in [3.8, 4) is 0 Å². The van der Waals surface area contributed by atoms with Crippen LogP contribution >= 0.6 is 15.9 Å². The second kappa shape index (κ2) is 3.81. The molecule has 0 spiro atoms. The molecule has 0 bridgehead atoms. The number of aryl methyl sites for hydroxylation is 2. The minimum Gasteiger partial charge on any atom is -0.357 e. The van der Waals surface area contributed by atoms with Gasteiger partial charge in [0.15, 0.2) is 0 Å². The van der Waals surface area contributed by atoms with E-state index in [-0.39, 0.29) is 5.43 Å². The summed E-state index contributed by atoms with van der Waals surface area (Å²) in [4.78, 5) is 15.2. The van der Waals surface area contributed by atoms with Gasteiger partial charge in [-0.3, -0.25) is 4.79 Å². The predicted molar refractivity (Wildman–Crippen MR) is 66.4 cm³/mol. The molecular formula is C12H12BrNO. The zero-order valence-corrected chi connectivity index (χ0v) is 10.3. The summed E-state index contributed by atoms with van der Waals surface area (Å²) in [5.74, 6) is 0. The maximum atomic E-state index is 12.0. The van der Waals surface area contributed by atoms with E-state index in [1.807, 2.05) is 25.1 Å². The van der Waals surface area contributed by atoms with Gasteiger partial charge >= 0.3 is 0 Å². The van der Waals surface area contributed by atoms with Gasteiger partial charge in [-0.25, -0.2) is 0 Å². The molecule has 2 nitrogen and oxygen atoms in total. The van der Waals surface area contributed by atoms with E-state index in [1.54, 1.807) is 0 Å². The van der Waals surface area contributed by atoms with E-state index < -0.39 is 0 Å². The van der Waals surface area contributed by atoms with Crippen molar-refractivity contribution in [1.82, 2.24) is 4.98 Å². The number of hydrogen-bond acceptors (Lipinski definition) is 1. The van der Waals surface area contributed by atoms with Crippen LogP contribution in [0.1, 0.15) is 18.2 Å². The summed E-state index contributed by atoms with van der Waals surface area (Å²) >= 11 is 3.30. The lowest BCUT2D eigenvalue weighted by molar-refractivity contribution is 1.12. The summed E-state index contributed by atoms with van der Waals surface area (Å²) < 4.78 is 0.628. The Balaban J connectivity index is 2.98. The first-order chi connectivity index (χ1) is 7.15. The molecule has 0 saturated carbocycles. The third kappa shape index (κ3) is 1.61. The van der Waals surface area contributed by atoms with Crippen LogP contribution < -0.4 is 5.43 Å². The standard InChI is InChI=1S/C12H12BrNO/c1-3-8-5-4-6-9-11(8)14-7(2)10(13)12(9)15/h4-6H,3H2,1-2H3,(H,14,15). The van der Waals surface area contributed by atoms with Gasteiger partial charge in [-0.15, -0.1) is 0 Å². The molecule has 0 aliphatic carbocycles.